The fraction of sp³-hybridized carbons (Fsp3) is 0.462. The maximum atomic E-state index is 12.5. The Kier molecular flexibility index (Phi) is 6.67. The number of nitrogens with zero attached hydrogens (tertiary/aromatic N) is 1. The zero-order valence-electron chi connectivity index (χ0n) is 10.4. The number of hydrogen-bond acceptors (Lipinski definition) is 1. The summed E-state index contributed by atoms with van der Waals surface area (Å²) in [7, 11) is 0. The zero-order valence-corrected chi connectivity index (χ0v) is 14.3. The molecule has 0 saturated heterocycles. The van der Waals surface area contributed by atoms with Gasteiger partial charge in [-0.25, -0.2) is 0 Å². The Labute approximate surface area is 130 Å². The van der Waals surface area contributed by atoms with Crippen molar-refractivity contribution in [2.24, 2.45) is 0 Å². The Balaban J connectivity index is 2.98. The molecule has 5 heteroatoms. The first-order chi connectivity index (χ1) is 8.47. The maximum Gasteiger partial charge on any atom is 0.255 e. The van der Waals surface area contributed by atoms with Crippen LogP contribution < -0.4 is 0 Å². The topological polar surface area (TPSA) is 20.3 Å². The molecule has 100 valence electrons. The van der Waals surface area contributed by atoms with Gasteiger partial charge in [0.1, 0.15) is 0 Å². The van der Waals surface area contributed by atoms with E-state index in [2.05, 4.69) is 31.9 Å². The normalized spacial score (nSPS) is 10.8. The van der Waals surface area contributed by atoms with Crippen LogP contribution in [0.1, 0.15) is 30.6 Å². The second kappa shape index (κ2) is 7.51. The maximum absolute atomic E-state index is 12.5. The smallest absolute Gasteiger partial charge is 0.255 e. The van der Waals surface area contributed by atoms with Crippen molar-refractivity contribution < 1.29 is 4.79 Å². The summed E-state index contributed by atoms with van der Waals surface area (Å²) in [6, 6.07) is 5.77. The molecule has 1 aromatic carbocycles. The van der Waals surface area contributed by atoms with Gasteiger partial charge in [-0.2, -0.15) is 0 Å². The third-order valence-electron chi connectivity index (χ3n) is 2.58. The van der Waals surface area contributed by atoms with Gasteiger partial charge in [-0.05, 0) is 54.4 Å². The van der Waals surface area contributed by atoms with Gasteiger partial charge in [0.2, 0.25) is 0 Å². The van der Waals surface area contributed by atoms with Crippen molar-refractivity contribution in [3.63, 3.8) is 0 Å². The van der Waals surface area contributed by atoms with E-state index in [1.807, 2.05) is 36.9 Å². The predicted molar refractivity (Wildman–Crippen MR) is 83.4 cm³/mol. The first-order valence-electron chi connectivity index (χ1n) is 5.79. The highest BCUT2D eigenvalue weighted by Gasteiger charge is 2.20. The number of rotatable bonds is 5. The van der Waals surface area contributed by atoms with Gasteiger partial charge in [0.25, 0.3) is 5.91 Å². The molecule has 1 aromatic rings. The Bertz CT molecular complexity index is 423. The summed E-state index contributed by atoms with van der Waals surface area (Å²) in [5, 5.41) is 0. The van der Waals surface area contributed by atoms with Crippen molar-refractivity contribution in [2.75, 3.05) is 12.4 Å². The molecule has 2 nitrogen and oxygen atoms in total. The number of carbonyl (C=O) groups excluding carboxylic acids is 1. The highest BCUT2D eigenvalue weighted by atomic mass is 79.9. The van der Waals surface area contributed by atoms with Gasteiger partial charge in [0, 0.05) is 27.4 Å². The van der Waals surface area contributed by atoms with E-state index < -0.39 is 0 Å². The van der Waals surface area contributed by atoms with Crippen molar-refractivity contribution in [3.05, 3.63) is 32.7 Å². The van der Waals surface area contributed by atoms with Crippen LogP contribution in [-0.4, -0.2) is 29.3 Å². The molecule has 0 atom stereocenters. The van der Waals surface area contributed by atoms with E-state index in [1.54, 1.807) is 0 Å². The van der Waals surface area contributed by atoms with Crippen molar-refractivity contribution in [3.8, 4) is 0 Å². The van der Waals surface area contributed by atoms with Crippen molar-refractivity contribution in [2.45, 2.75) is 26.3 Å². The van der Waals surface area contributed by atoms with E-state index in [-0.39, 0.29) is 11.9 Å². The van der Waals surface area contributed by atoms with Crippen LogP contribution in [0, 0.1) is 0 Å². The van der Waals surface area contributed by atoms with E-state index in [0.717, 1.165) is 15.4 Å². The molecule has 0 saturated carbocycles. The zero-order chi connectivity index (χ0) is 13.7. The van der Waals surface area contributed by atoms with Crippen LogP contribution in [0.4, 0.5) is 0 Å². The van der Waals surface area contributed by atoms with Crippen LogP contribution in [0.3, 0.4) is 0 Å². The van der Waals surface area contributed by atoms with Gasteiger partial charge in [0.05, 0.1) is 5.56 Å². The Morgan fingerprint density at radius 2 is 2.06 bits per heavy atom. The minimum Gasteiger partial charge on any atom is -0.336 e. The summed E-state index contributed by atoms with van der Waals surface area (Å²) in [5.41, 5.74) is 0.674. The summed E-state index contributed by atoms with van der Waals surface area (Å²) >= 11 is 12.5. The van der Waals surface area contributed by atoms with E-state index in [9.17, 15) is 4.79 Å². The molecule has 0 N–H and O–H groups in total. The summed E-state index contributed by atoms with van der Waals surface area (Å²) in [4.78, 5) is 14.3. The van der Waals surface area contributed by atoms with E-state index in [1.165, 1.54) is 0 Å². The minimum atomic E-state index is 0.0308. The van der Waals surface area contributed by atoms with E-state index in [0.29, 0.717) is 18.0 Å². The van der Waals surface area contributed by atoms with E-state index in [4.69, 9.17) is 11.6 Å². The number of benzene rings is 1. The third-order valence-corrected chi connectivity index (χ3v) is 4.03. The van der Waals surface area contributed by atoms with Crippen molar-refractivity contribution in [1.29, 1.82) is 0 Å². The molecule has 18 heavy (non-hydrogen) atoms. The number of alkyl halides is 1. The summed E-state index contributed by atoms with van der Waals surface area (Å²) in [6.45, 7) is 4.70. The monoisotopic (exact) mass is 395 g/mol. The van der Waals surface area contributed by atoms with Gasteiger partial charge >= 0.3 is 0 Å². The molecule has 0 aromatic heterocycles. The lowest BCUT2D eigenvalue weighted by Crippen LogP contribution is -2.38. The minimum absolute atomic E-state index is 0.0308. The summed E-state index contributed by atoms with van der Waals surface area (Å²) in [6.07, 6.45) is 0.803. The predicted octanol–water partition coefficient (Wildman–Crippen LogP) is 4.69. The Hall–Kier alpha value is -0.0600. The average molecular weight is 398 g/mol. The van der Waals surface area contributed by atoms with Crippen LogP contribution in [0.5, 0.6) is 0 Å². The lowest BCUT2D eigenvalue weighted by atomic mass is 10.1. The van der Waals surface area contributed by atoms with Crippen molar-refractivity contribution >= 4 is 49.4 Å². The molecule has 0 aliphatic rings. The lowest BCUT2D eigenvalue weighted by molar-refractivity contribution is 0.0705. The third kappa shape index (κ3) is 4.25. The van der Waals surface area contributed by atoms with Crippen LogP contribution in [-0.2, 0) is 0 Å². The highest BCUT2D eigenvalue weighted by Crippen LogP contribution is 2.23. The summed E-state index contributed by atoms with van der Waals surface area (Å²) < 4.78 is 1.71. The van der Waals surface area contributed by atoms with Crippen LogP contribution in [0.2, 0.25) is 0 Å². The largest absolute Gasteiger partial charge is 0.336 e. The molecule has 0 radical (unpaired) electrons. The molecule has 0 bridgehead atoms. The molecule has 0 aliphatic carbocycles. The molecular formula is C13H16Br2ClNO. The quantitative estimate of drug-likeness (QED) is 0.660. The van der Waals surface area contributed by atoms with Crippen LogP contribution >= 0.6 is 43.5 Å². The fourth-order valence-electron chi connectivity index (χ4n) is 1.64. The Morgan fingerprint density at radius 1 is 1.39 bits per heavy atom. The molecule has 0 fully saturated rings. The molecule has 1 amide bonds. The molecule has 0 heterocycles. The Morgan fingerprint density at radius 3 is 2.61 bits per heavy atom. The molecular weight excluding hydrogens is 381 g/mol. The van der Waals surface area contributed by atoms with Crippen molar-refractivity contribution in [1.82, 2.24) is 4.90 Å². The van der Waals surface area contributed by atoms with Crippen LogP contribution in [0.25, 0.3) is 0 Å². The molecule has 0 aliphatic heterocycles. The van der Waals surface area contributed by atoms with Crippen LogP contribution in [0.15, 0.2) is 27.1 Å². The van der Waals surface area contributed by atoms with Gasteiger partial charge in [0.15, 0.2) is 0 Å². The fourth-order valence-corrected chi connectivity index (χ4v) is 2.54. The number of carbonyl (C=O) groups is 1. The molecule has 0 spiro atoms. The number of hydrogen-bond donors (Lipinski definition) is 0. The van der Waals surface area contributed by atoms with E-state index >= 15 is 0 Å². The average Bonchev–Trinajstić information content (AvgIpc) is 2.32. The van der Waals surface area contributed by atoms with Gasteiger partial charge in [-0.3, -0.25) is 4.79 Å². The second-order valence-electron chi connectivity index (χ2n) is 4.26. The molecule has 0 unspecified atom stereocenters. The first kappa shape index (κ1) is 16.0. The second-order valence-corrected chi connectivity index (χ2v) is 6.41. The van der Waals surface area contributed by atoms with Gasteiger partial charge in [-0.15, -0.1) is 11.6 Å². The number of halogens is 3. The number of amides is 1. The van der Waals surface area contributed by atoms with Gasteiger partial charge in [-0.1, -0.05) is 15.9 Å². The SMILES string of the molecule is CC(C)N(CCCCl)C(=O)c1cc(Br)ccc1Br. The van der Waals surface area contributed by atoms with Gasteiger partial charge < -0.3 is 4.90 Å². The summed E-state index contributed by atoms with van der Waals surface area (Å²) in [5.74, 6) is 0.596. The highest BCUT2D eigenvalue weighted by molar-refractivity contribution is 9.11. The molecule has 1 rings (SSSR count). The first-order valence-corrected chi connectivity index (χ1v) is 7.91. The lowest BCUT2D eigenvalue weighted by Gasteiger charge is -2.27. The standard InChI is InChI=1S/C13H16Br2ClNO/c1-9(2)17(7-3-6-16)13(18)11-8-10(14)4-5-12(11)15/h4-5,8-9H,3,6-7H2,1-2H3.